The molecule has 1 aliphatic heterocycles. The van der Waals surface area contributed by atoms with E-state index in [-0.39, 0.29) is 5.75 Å². The first kappa shape index (κ1) is 29.8. The van der Waals surface area contributed by atoms with Crippen LogP contribution in [-0.2, 0) is 11.1 Å². The maximum absolute atomic E-state index is 12.7. The monoisotopic (exact) mass is 567 g/mol. The first-order valence-electron chi connectivity index (χ1n) is 13.2. The minimum absolute atomic E-state index is 0.137. The van der Waals surface area contributed by atoms with E-state index in [4.69, 9.17) is 25.4 Å². The zero-order chi connectivity index (χ0) is 26.3. The van der Waals surface area contributed by atoms with E-state index in [9.17, 15) is 9.46 Å². The number of thioether (sulfide) groups is 1. The van der Waals surface area contributed by atoms with Crippen molar-refractivity contribution in [3.8, 4) is 17.2 Å². The molecular formula is C28H39ClNO5PS. The van der Waals surface area contributed by atoms with Crippen molar-refractivity contribution in [2.75, 3.05) is 12.5 Å². The van der Waals surface area contributed by atoms with Crippen LogP contribution in [0, 0.1) is 0 Å². The van der Waals surface area contributed by atoms with Crippen molar-refractivity contribution >= 4 is 31.2 Å². The number of phosphoric acid groups is 1. The number of unbranched alkanes of at least 4 members (excludes halogenated alkanes) is 9. The summed E-state index contributed by atoms with van der Waals surface area (Å²) in [5.74, 6) is 1.80. The Labute approximate surface area is 231 Å². The molecule has 37 heavy (non-hydrogen) atoms. The van der Waals surface area contributed by atoms with Crippen LogP contribution in [0.4, 0.5) is 0 Å². The van der Waals surface area contributed by atoms with E-state index in [1.54, 1.807) is 36.0 Å². The maximum atomic E-state index is 12.7. The van der Waals surface area contributed by atoms with Crippen LogP contribution in [0.15, 0.2) is 54.1 Å². The predicted octanol–water partition coefficient (Wildman–Crippen LogP) is 9.18. The Morgan fingerprint density at radius 3 is 2.32 bits per heavy atom. The molecule has 1 atom stereocenters. The fourth-order valence-corrected chi connectivity index (χ4v) is 5.84. The normalized spacial score (nSPS) is 14.5. The van der Waals surface area contributed by atoms with E-state index in [0.717, 1.165) is 24.3 Å². The lowest BCUT2D eigenvalue weighted by atomic mass is 10.1. The predicted molar refractivity (Wildman–Crippen MR) is 153 cm³/mol. The summed E-state index contributed by atoms with van der Waals surface area (Å²) in [6.07, 6.45) is 14.6. The molecule has 3 rings (SSSR count). The Morgan fingerprint density at radius 1 is 0.946 bits per heavy atom. The average Bonchev–Trinajstić information content (AvgIpc) is 3.38. The molecule has 0 bridgehead atoms. The number of halogens is 1. The maximum Gasteiger partial charge on any atom is 0.584 e. The molecule has 2 aromatic carbocycles. The number of rotatable bonds is 18. The van der Waals surface area contributed by atoms with Crippen LogP contribution in [0.25, 0.3) is 0 Å². The van der Waals surface area contributed by atoms with Gasteiger partial charge in [-0.3, -0.25) is 4.89 Å². The van der Waals surface area contributed by atoms with Gasteiger partial charge in [-0.1, -0.05) is 94.5 Å². The summed E-state index contributed by atoms with van der Waals surface area (Å²) in [7, 11) is -4.43. The molecule has 0 radical (unpaired) electrons. The Bertz CT molecular complexity index is 1040. The first-order valence-corrected chi connectivity index (χ1v) is 16.1. The third kappa shape index (κ3) is 11.2. The van der Waals surface area contributed by atoms with Crippen LogP contribution in [0.1, 0.15) is 76.7 Å². The van der Waals surface area contributed by atoms with Gasteiger partial charge in [-0.15, -0.1) is 11.8 Å². The van der Waals surface area contributed by atoms with Crippen LogP contribution >= 0.6 is 31.2 Å². The fraction of sp³-hybridized carbons (Fsp3) is 0.500. The fourth-order valence-electron chi connectivity index (χ4n) is 4.05. The zero-order valence-corrected chi connectivity index (χ0v) is 24.1. The van der Waals surface area contributed by atoms with Crippen LogP contribution in [0.3, 0.4) is 0 Å². The summed E-state index contributed by atoms with van der Waals surface area (Å²) in [5, 5.41) is 2.33. The molecule has 1 N–H and O–H groups in total. The number of phosphoric ester groups is 1. The molecule has 0 amide bonds. The van der Waals surface area contributed by atoms with Crippen molar-refractivity contribution in [3.05, 3.63) is 64.7 Å². The van der Waals surface area contributed by atoms with Crippen molar-refractivity contribution in [1.82, 2.24) is 4.90 Å². The van der Waals surface area contributed by atoms with Gasteiger partial charge in [-0.2, -0.15) is 0 Å². The summed E-state index contributed by atoms with van der Waals surface area (Å²) in [5.41, 5.74) is 0.793. The number of para-hydroxylation sites is 1. The molecule has 9 heteroatoms. The van der Waals surface area contributed by atoms with Gasteiger partial charge in [0.25, 0.3) is 0 Å². The average molecular weight is 568 g/mol. The number of benzene rings is 2. The summed E-state index contributed by atoms with van der Waals surface area (Å²) in [6, 6.07) is 11.8. The Hall–Kier alpha value is -1.79. The largest absolute Gasteiger partial charge is 0.584 e. The minimum Gasteiger partial charge on any atom is -0.492 e. The molecule has 0 aliphatic carbocycles. The van der Waals surface area contributed by atoms with Crippen molar-refractivity contribution in [3.63, 3.8) is 0 Å². The third-order valence-corrected chi connectivity index (χ3v) is 8.01. The number of nitrogens with zero attached hydrogens (tertiary/aromatic N) is 1. The quantitative estimate of drug-likeness (QED) is 0.142. The molecule has 1 aliphatic rings. The molecule has 0 saturated carbocycles. The number of ether oxygens (including phenoxy) is 1. The molecule has 0 saturated heterocycles. The Kier molecular flexibility index (Phi) is 13.1. The Morgan fingerprint density at radius 2 is 1.65 bits per heavy atom. The van der Waals surface area contributed by atoms with Gasteiger partial charge < -0.3 is 18.7 Å². The van der Waals surface area contributed by atoms with E-state index in [1.807, 2.05) is 23.7 Å². The van der Waals surface area contributed by atoms with E-state index < -0.39 is 7.82 Å². The molecule has 6 nitrogen and oxygen atoms in total. The highest BCUT2D eigenvalue weighted by Gasteiger charge is 2.27. The third-order valence-electron chi connectivity index (χ3n) is 6.05. The van der Waals surface area contributed by atoms with Crippen molar-refractivity contribution in [1.29, 1.82) is 0 Å². The van der Waals surface area contributed by atoms with Crippen LogP contribution in [0.2, 0.25) is 5.02 Å². The highest BCUT2D eigenvalue weighted by atomic mass is 35.5. The second kappa shape index (κ2) is 16.2. The van der Waals surface area contributed by atoms with Crippen molar-refractivity contribution < 1.29 is 23.2 Å². The van der Waals surface area contributed by atoms with Crippen molar-refractivity contribution in [2.24, 2.45) is 0 Å². The van der Waals surface area contributed by atoms with Gasteiger partial charge in [0, 0.05) is 24.4 Å². The van der Waals surface area contributed by atoms with Gasteiger partial charge in [0.2, 0.25) is 0 Å². The molecule has 0 fully saturated rings. The minimum atomic E-state index is -4.43. The summed E-state index contributed by atoms with van der Waals surface area (Å²) in [6.45, 7) is 3.39. The highest BCUT2D eigenvalue weighted by molar-refractivity contribution is 8.02. The molecule has 2 aromatic rings. The van der Waals surface area contributed by atoms with Gasteiger partial charge in [-0.05, 0) is 30.0 Å². The van der Waals surface area contributed by atoms with E-state index >= 15 is 0 Å². The van der Waals surface area contributed by atoms with Gasteiger partial charge in [0.15, 0.2) is 0 Å². The molecule has 1 heterocycles. The van der Waals surface area contributed by atoms with Crippen LogP contribution in [-0.4, -0.2) is 22.3 Å². The molecule has 0 spiro atoms. The standard InChI is InChI=1S/C28H39ClNO5PS/c1-2-3-4-5-6-7-8-9-10-13-19-33-28-17-16-25(21-26(28)29)34-36(31,32)35-27-15-12-11-14-24(27)22-30-18-20-37-23-30/h11-12,14-18,20-21H,2-10,13,19,22-23H2,1H3,(H,31,32). The second-order valence-corrected chi connectivity index (χ2v) is 11.8. The SMILES string of the molecule is CCCCCCCCCCCCOc1ccc(OP(=O)(O)Oc2ccccc2CN2C=CSC2)cc1Cl. The van der Waals surface area contributed by atoms with Crippen LogP contribution < -0.4 is 13.8 Å². The van der Waals surface area contributed by atoms with Gasteiger partial charge >= 0.3 is 7.82 Å². The molecular weight excluding hydrogens is 529 g/mol. The summed E-state index contributed by atoms with van der Waals surface area (Å²) < 4.78 is 29.2. The van der Waals surface area contributed by atoms with E-state index in [2.05, 4.69) is 11.8 Å². The smallest absolute Gasteiger partial charge is 0.492 e. The number of hydrogen-bond acceptors (Lipinski definition) is 6. The zero-order valence-electron chi connectivity index (χ0n) is 21.6. The second-order valence-electron chi connectivity index (χ2n) is 9.21. The first-order chi connectivity index (χ1) is 18.0. The molecule has 0 aromatic heterocycles. The topological polar surface area (TPSA) is 68.2 Å². The Balaban J connectivity index is 1.40. The molecule has 204 valence electrons. The lowest BCUT2D eigenvalue weighted by Gasteiger charge is -2.19. The lowest BCUT2D eigenvalue weighted by Crippen LogP contribution is -2.13. The number of hydrogen-bond donors (Lipinski definition) is 1. The van der Waals surface area contributed by atoms with E-state index in [0.29, 0.717) is 29.7 Å². The van der Waals surface area contributed by atoms with Gasteiger partial charge in [0.1, 0.15) is 17.2 Å². The van der Waals surface area contributed by atoms with Crippen LogP contribution in [0.5, 0.6) is 17.2 Å². The van der Waals surface area contributed by atoms with E-state index in [1.165, 1.54) is 57.4 Å². The van der Waals surface area contributed by atoms with Gasteiger partial charge in [0.05, 0.1) is 17.5 Å². The van der Waals surface area contributed by atoms with Gasteiger partial charge in [-0.25, -0.2) is 4.57 Å². The summed E-state index contributed by atoms with van der Waals surface area (Å²) in [4.78, 5) is 12.5. The summed E-state index contributed by atoms with van der Waals surface area (Å²) >= 11 is 8.03. The van der Waals surface area contributed by atoms with Crippen molar-refractivity contribution in [2.45, 2.75) is 77.7 Å². The lowest BCUT2D eigenvalue weighted by molar-refractivity contribution is 0.287. The molecule has 1 unspecified atom stereocenters. The highest BCUT2D eigenvalue weighted by Crippen LogP contribution is 2.46.